The number of nitrogens with one attached hydrogen (secondary N) is 2. The largest absolute Gasteiger partial charge is 0.325 e. The smallest absolute Gasteiger partial charge is 0.279 e. The van der Waals surface area contributed by atoms with Crippen molar-refractivity contribution in [3.8, 4) is 0 Å². The summed E-state index contributed by atoms with van der Waals surface area (Å²) >= 11 is 5.71. The Balaban J connectivity index is 1.54. The molecule has 9 heteroatoms. The van der Waals surface area contributed by atoms with E-state index in [-0.39, 0.29) is 22.4 Å². The number of amides is 1. The summed E-state index contributed by atoms with van der Waals surface area (Å²) < 4.78 is 40.1. The third-order valence-electron chi connectivity index (χ3n) is 4.70. The van der Waals surface area contributed by atoms with Crippen LogP contribution in [-0.4, -0.2) is 51.4 Å². The molecule has 150 valence electrons. The number of halogens is 2. The molecule has 2 aromatic carbocycles. The van der Waals surface area contributed by atoms with E-state index in [9.17, 15) is 17.6 Å². The van der Waals surface area contributed by atoms with Crippen LogP contribution in [-0.2, 0) is 14.8 Å². The SMILES string of the molecule is Cc1ccc(S(=O)(=O)N2CC[NH+](CC(=O)Nc3ccc(F)c(Cl)c3)CC2)cc1. The normalized spacial score (nSPS) is 16.1. The Labute approximate surface area is 168 Å². The summed E-state index contributed by atoms with van der Waals surface area (Å²) in [6.45, 7) is 3.87. The number of rotatable bonds is 5. The minimum Gasteiger partial charge on any atom is -0.325 e. The summed E-state index contributed by atoms with van der Waals surface area (Å²) in [5, 5.41) is 2.63. The van der Waals surface area contributed by atoms with Crippen LogP contribution in [0.5, 0.6) is 0 Å². The first-order valence-electron chi connectivity index (χ1n) is 8.91. The van der Waals surface area contributed by atoms with Crippen molar-refractivity contribution >= 4 is 33.2 Å². The Morgan fingerprint density at radius 2 is 1.82 bits per heavy atom. The number of aryl methyl sites for hydroxylation is 1. The molecule has 0 radical (unpaired) electrons. The van der Waals surface area contributed by atoms with Crippen LogP contribution in [0, 0.1) is 12.7 Å². The van der Waals surface area contributed by atoms with Gasteiger partial charge in [0.2, 0.25) is 10.0 Å². The van der Waals surface area contributed by atoms with Gasteiger partial charge in [0.25, 0.3) is 5.91 Å². The number of carbonyl (C=O) groups is 1. The molecule has 3 rings (SSSR count). The minimum atomic E-state index is -3.52. The van der Waals surface area contributed by atoms with Gasteiger partial charge in [-0.25, -0.2) is 12.8 Å². The van der Waals surface area contributed by atoms with E-state index >= 15 is 0 Å². The first kappa shape index (κ1) is 20.7. The molecule has 28 heavy (non-hydrogen) atoms. The molecule has 6 nitrogen and oxygen atoms in total. The zero-order valence-corrected chi connectivity index (χ0v) is 17.0. The fourth-order valence-corrected chi connectivity index (χ4v) is 4.71. The molecule has 0 aromatic heterocycles. The van der Waals surface area contributed by atoms with E-state index in [1.165, 1.54) is 22.5 Å². The van der Waals surface area contributed by atoms with Gasteiger partial charge in [0.1, 0.15) is 5.82 Å². The lowest BCUT2D eigenvalue weighted by Crippen LogP contribution is -3.15. The second-order valence-electron chi connectivity index (χ2n) is 6.82. The number of carbonyl (C=O) groups excluding carboxylic acids is 1. The fraction of sp³-hybridized carbons (Fsp3) is 0.316. The summed E-state index contributed by atoms with van der Waals surface area (Å²) in [5.41, 5.74) is 1.43. The molecule has 1 aliphatic rings. The Bertz CT molecular complexity index is 959. The molecule has 2 N–H and O–H groups in total. The molecule has 2 aromatic rings. The van der Waals surface area contributed by atoms with Gasteiger partial charge in [-0.1, -0.05) is 29.3 Å². The Morgan fingerprint density at radius 1 is 1.18 bits per heavy atom. The van der Waals surface area contributed by atoms with Crippen LogP contribution < -0.4 is 10.2 Å². The average molecular weight is 427 g/mol. The lowest BCUT2D eigenvalue weighted by Gasteiger charge is -2.31. The molecule has 1 aliphatic heterocycles. The Morgan fingerprint density at radius 3 is 2.43 bits per heavy atom. The van der Waals surface area contributed by atoms with Crippen molar-refractivity contribution in [1.29, 1.82) is 0 Å². The number of benzene rings is 2. The Hall–Kier alpha value is -2.00. The van der Waals surface area contributed by atoms with E-state index in [2.05, 4.69) is 5.32 Å². The van der Waals surface area contributed by atoms with E-state index < -0.39 is 15.8 Å². The highest BCUT2D eigenvalue weighted by Gasteiger charge is 2.31. The molecule has 0 bridgehead atoms. The summed E-state index contributed by atoms with van der Waals surface area (Å²) in [6.07, 6.45) is 0. The van der Waals surface area contributed by atoms with E-state index in [0.29, 0.717) is 31.9 Å². The van der Waals surface area contributed by atoms with Crippen LogP contribution in [0.1, 0.15) is 5.56 Å². The van der Waals surface area contributed by atoms with E-state index in [0.717, 1.165) is 10.5 Å². The van der Waals surface area contributed by atoms with Crippen LogP contribution in [0.15, 0.2) is 47.4 Å². The minimum absolute atomic E-state index is 0.0555. The highest BCUT2D eigenvalue weighted by molar-refractivity contribution is 7.89. The molecular weight excluding hydrogens is 405 g/mol. The standard InChI is InChI=1S/C19H21ClFN3O3S/c1-14-2-5-16(6-3-14)28(26,27)24-10-8-23(9-11-24)13-19(25)22-15-4-7-18(21)17(20)12-15/h2-7,12H,8-11,13H2,1H3,(H,22,25)/p+1. The van der Waals surface area contributed by atoms with E-state index in [1.54, 1.807) is 24.3 Å². The maximum absolute atomic E-state index is 13.2. The highest BCUT2D eigenvalue weighted by Crippen LogP contribution is 2.19. The van der Waals surface area contributed by atoms with Gasteiger partial charge >= 0.3 is 0 Å². The second kappa shape index (κ2) is 8.57. The molecule has 1 heterocycles. The maximum atomic E-state index is 13.2. The molecule has 0 aliphatic carbocycles. The predicted octanol–water partition coefficient (Wildman–Crippen LogP) is 1.32. The van der Waals surface area contributed by atoms with Crippen LogP contribution in [0.2, 0.25) is 5.02 Å². The highest BCUT2D eigenvalue weighted by atomic mass is 35.5. The summed E-state index contributed by atoms with van der Waals surface area (Å²) in [5.74, 6) is -0.774. The molecular formula is C19H22ClFN3O3S+. The van der Waals surface area contributed by atoms with Crippen LogP contribution >= 0.6 is 11.6 Å². The van der Waals surface area contributed by atoms with Gasteiger partial charge in [0.05, 0.1) is 36.1 Å². The van der Waals surface area contributed by atoms with Gasteiger partial charge in [0.15, 0.2) is 6.54 Å². The molecule has 0 atom stereocenters. The summed E-state index contributed by atoms with van der Waals surface area (Å²) in [7, 11) is -3.52. The van der Waals surface area contributed by atoms with E-state index in [1.807, 2.05) is 6.92 Å². The first-order chi connectivity index (χ1) is 13.3. The van der Waals surface area contributed by atoms with Gasteiger partial charge in [-0.2, -0.15) is 4.31 Å². The fourth-order valence-electron chi connectivity index (χ4n) is 3.09. The van der Waals surface area contributed by atoms with Crippen LogP contribution in [0.4, 0.5) is 10.1 Å². The monoisotopic (exact) mass is 426 g/mol. The lowest BCUT2D eigenvalue weighted by molar-refractivity contribution is -0.895. The van der Waals surface area contributed by atoms with Crippen molar-refractivity contribution in [2.75, 3.05) is 38.0 Å². The third kappa shape index (κ3) is 4.88. The van der Waals surface area contributed by atoms with Gasteiger partial charge < -0.3 is 10.2 Å². The number of sulfonamides is 1. The lowest BCUT2D eigenvalue weighted by atomic mass is 10.2. The van der Waals surface area contributed by atoms with Crippen molar-refractivity contribution in [1.82, 2.24) is 4.31 Å². The molecule has 1 fully saturated rings. The molecule has 0 spiro atoms. The second-order valence-corrected chi connectivity index (χ2v) is 9.17. The maximum Gasteiger partial charge on any atom is 0.279 e. The number of anilines is 1. The van der Waals surface area contributed by atoms with Crippen molar-refractivity contribution in [3.05, 3.63) is 58.9 Å². The van der Waals surface area contributed by atoms with Gasteiger partial charge in [-0.05, 0) is 37.3 Å². The summed E-state index contributed by atoms with van der Waals surface area (Å²) in [6, 6.07) is 10.8. The first-order valence-corrected chi connectivity index (χ1v) is 10.7. The zero-order chi connectivity index (χ0) is 20.3. The van der Waals surface area contributed by atoms with Crippen LogP contribution in [0.25, 0.3) is 0 Å². The average Bonchev–Trinajstić information content (AvgIpc) is 2.65. The predicted molar refractivity (Wildman–Crippen MR) is 106 cm³/mol. The number of piperazine rings is 1. The van der Waals surface area contributed by atoms with Crippen molar-refractivity contribution in [2.24, 2.45) is 0 Å². The number of nitrogens with zero attached hydrogens (tertiary/aromatic N) is 1. The quantitative estimate of drug-likeness (QED) is 0.757. The van der Waals surface area contributed by atoms with Crippen molar-refractivity contribution in [3.63, 3.8) is 0 Å². The summed E-state index contributed by atoms with van der Waals surface area (Å²) in [4.78, 5) is 13.5. The number of hydrogen-bond acceptors (Lipinski definition) is 3. The third-order valence-corrected chi connectivity index (χ3v) is 6.90. The van der Waals surface area contributed by atoms with Crippen molar-refractivity contribution in [2.45, 2.75) is 11.8 Å². The topological polar surface area (TPSA) is 70.9 Å². The van der Waals surface area contributed by atoms with Gasteiger partial charge in [-0.3, -0.25) is 4.79 Å². The molecule has 0 unspecified atom stereocenters. The van der Waals surface area contributed by atoms with Gasteiger partial charge in [-0.15, -0.1) is 0 Å². The number of hydrogen-bond donors (Lipinski definition) is 2. The zero-order valence-electron chi connectivity index (χ0n) is 15.4. The van der Waals surface area contributed by atoms with Crippen molar-refractivity contribution < 1.29 is 22.5 Å². The molecule has 1 amide bonds. The van der Waals surface area contributed by atoms with Gasteiger partial charge in [0, 0.05) is 5.69 Å². The Kier molecular flexibility index (Phi) is 6.34. The van der Waals surface area contributed by atoms with E-state index in [4.69, 9.17) is 11.6 Å². The molecule has 0 saturated carbocycles. The molecule has 1 saturated heterocycles. The van der Waals surface area contributed by atoms with Crippen LogP contribution in [0.3, 0.4) is 0 Å². The number of quaternary nitrogens is 1.